The number of amides is 1. The number of aryl methyl sites for hydroxylation is 1. The fourth-order valence-corrected chi connectivity index (χ4v) is 2.57. The van der Waals surface area contributed by atoms with Crippen LogP contribution < -0.4 is 5.32 Å². The molecule has 0 aromatic carbocycles. The lowest BCUT2D eigenvalue weighted by Gasteiger charge is -2.12. The number of nitrogens with one attached hydrogen (secondary N) is 1. The molecule has 0 saturated carbocycles. The maximum Gasteiger partial charge on any atom is 0.287 e. The molecule has 6 nitrogen and oxygen atoms in total. The summed E-state index contributed by atoms with van der Waals surface area (Å²) < 4.78 is 7.83. The van der Waals surface area contributed by atoms with Gasteiger partial charge in [-0.05, 0) is 41.4 Å². The van der Waals surface area contributed by atoms with Gasteiger partial charge in [-0.25, -0.2) is 0 Å². The van der Waals surface area contributed by atoms with Gasteiger partial charge in [-0.15, -0.1) is 10.2 Å². The highest BCUT2D eigenvalue weighted by Crippen LogP contribution is 2.20. The van der Waals surface area contributed by atoms with Gasteiger partial charge in [-0.1, -0.05) is 0 Å². The second-order valence-electron chi connectivity index (χ2n) is 4.53. The van der Waals surface area contributed by atoms with Crippen molar-refractivity contribution in [1.29, 1.82) is 0 Å². The van der Waals surface area contributed by atoms with Crippen LogP contribution in [0.5, 0.6) is 0 Å². The molecule has 0 fully saturated rings. The Hall–Kier alpha value is -1.63. The maximum atomic E-state index is 12.0. The molecule has 2 aromatic heterocycles. The second-order valence-corrected chi connectivity index (χ2v) is 5.31. The van der Waals surface area contributed by atoms with Crippen LogP contribution >= 0.6 is 15.9 Å². The van der Waals surface area contributed by atoms with Crippen LogP contribution in [0.2, 0.25) is 0 Å². The number of halogens is 1. The van der Waals surface area contributed by atoms with Crippen LogP contribution in [0.3, 0.4) is 0 Å². The molecule has 1 atom stereocenters. The van der Waals surface area contributed by atoms with Crippen LogP contribution in [-0.2, 0) is 13.0 Å². The van der Waals surface area contributed by atoms with Gasteiger partial charge in [-0.2, -0.15) is 0 Å². The van der Waals surface area contributed by atoms with Gasteiger partial charge in [0.25, 0.3) is 5.91 Å². The van der Waals surface area contributed by atoms with Gasteiger partial charge < -0.3 is 14.3 Å². The molecule has 0 spiro atoms. The highest BCUT2D eigenvalue weighted by molar-refractivity contribution is 9.10. The zero-order valence-corrected chi connectivity index (χ0v) is 12.0. The van der Waals surface area contributed by atoms with Gasteiger partial charge in [0, 0.05) is 13.0 Å². The zero-order valence-electron chi connectivity index (χ0n) is 10.4. The summed E-state index contributed by atoms with van der Waals surface area (Å²) in [6.07, 6.45) is 2.04. The first-order valence-corrected chi connectivity index (χ1v) is 6.92. The van der Waals surface area contributed by atoms with Crippen LogP contribution in [0.15, 0.2) is 21.2 Å². The zero-order chi connectivity index (χ0) is 13.4. The Morgan fingerprint density at radius 3 is 3.11 bits per heavy atom. The minimum atomic E-state index is -0.256. The normalized spacial score (nSPS) is 15.3. The first-order chi connectivity index (χ1) is 9.15. The van der Waals surface area contributed by atoms with E-state index in [2.05, 4.69) is 36.0 Å². The summed E-state index contributed by atoms with van der Waals surface area (Å²) >= 11 is 3.17. The Balaban J connectivity index is 1.74. The molecule has 3 heterocycles. The highest BCUT2D eigenvalue weighted by Gasteiger charge is 2.23. The lowest BCUT2D eigenvalue weighted by molar-refractivity contribution is 0.0908. The Labute approximate surface area is 118 Å². The molecule has 1 amide bonds. The molecule has 0 unspecified atom stereocenters. The largest absolute Gasteiger partial charge is 0.444 e. The number of nitrogens with zero attached hydrogens (tertiary/aromatic N) is 3. The third-order valence-corrected chi connectivity index (χ3v) is 3.60. The third-order valence-electron chi connectivity index (χ3n) is 3.17. The van der Waals surface area contributed by atoms with Crippen molar-refractivity contribution in [2.75, 3.05) is 0 Å². The molecule has 2 aromatic rings. The van der Waals surface area contributed by atoms with Crippen molar-refractivity contribution in [1.82, 2.24) is 20.1 Å². The number of rotatable bonds is 3. The average molecular weight is 325 g/mol. The summed E-state index contributed by atoms with van der Waals surface area (Å²) in [6.45, 7) is 2.82. The van der Waals surface area contributed by atoms with Gasteiger partial charge in [0.15, 0.2) is 16.3 Å². The van der Waals surface area contributed by atoms with Crippen molar-refractivity contribution in [2.24, 2.45) is 0 Å². The maximum absolute atomic E-state index is 12.0. The van der Waals surface area contributed by atoms with Crippen LogP contribution in [0.4, 0.5) is 0 Å². The summed E-state index contributed by atoms with van der Waals surface area (Å²) in [5.74, 6) is 1.82. The van der Waals surface area contributed by atoms with E-state index >= 15 is 0 Å². The van der Waals surface area contributed by atoms with E-state index in [9.17, 15) is 4.79 Å². The summed E-state index contributed by atoms with van der Waals surface area (Å²) in [5.41, 5.74) is 0. The number of furan rings is 1. The van der Waals surface area contributed by atoms with E-state index in [1.54, 1.807) is 12.1 Å². The van der Waals surface area contributed by atoms with Gasteiger partial charge >= 0.3 is 0 Å². The Morgan fingerprint density at radius 1 is 1.53 bits per heavy atom. The third kappa shape index (κ3) is 2.30. The quantitative estimate of drug-likeness (QED) is 0.938. The predicted octanol–water partition coefficient (Wildman–Crippen LogP) is 2.07. The molecular formula is C12H13BrN4O2. The molecule has 100 valence electrons. The van der Waals surface area contributed by atoms with Gasteiger partial charge in [0.2, 0.25) is 0 Å². The Morgan fingerprint density at radius 2 is 2.37 bits per heavy atom. The topological polar surface area (TPSA) is 73.0 Å². The van der Waals surface area contributed by atoms with Crippen molar-refractivity contribution >= 4 is 21.8 Å². The molecule has 0 aliphatic carbocycles. The smallest absolute Gasteiger partial charge is 0.287 e. The molecule has 3 rings (SSSR count). The van der Waals surface area contributed by atoms with Crippen LogP contribution in [-0.4, -0.2) is 20.7 Å². The highest BCUT2D eigenvalue weighted by atomic mass is 79.9. The van der Waals surface area contributed by atoms with E-state index in [1.165, 1.54) is 0 Å². The molecule has 19 heavy (non-hydrogen) atoms. The van der Waals surface area contributed by atoms with E-state index in [-0.39, 0.29) is 17.7 Å². The number of carbonyl (C=O) groups excluding carboxylic acids is 1. The van der Waals surface area contributed by atoms with Crippen LogP contribution in [0.25, 0.3) is 0 Å². The summed E-state index contributed by atoms with van der Waals surface area (Å²) in [5, 5.41) is 11.1. The summed E-state index contributed by atoms with van der Waals surface area (Å²) in [6, 6.07) is 3.12. The number of aromatic nitrogens is 3. The van der Waals surface area contributed by atoms with Gasteiger partial charge in [0.1, 0.15) is 5.82 Å². The fourth-order valence-electron chi connectivity index (χ4n) is 2.26. The minimum absolute atomic E-state index is 0.198. The lowest BCUT2D eigenvalue weighted by atomic mass is 10.3. The summed E-state index contributed by atoms with van der Waals surface area (Å²) in [7, 11) is 0. The van der Waals surface area contributed by atoms with E-state index < -0.39 is 0 Å². The van der Waals surface area contributed by atoms with E-state index in [0.717, 1.165) is 31.0 Å². The van der Waals surface area contributed by atoms with Crippen molar-refractivity contribution in [3.8, 4) is 0 Å². The number of fused-ring (bicyclic) bond motifs is 1. The molecule has 0 bridgehead atoms. The Kier molecular flexibility index (Phi) is 3.14. The van der Waals surface area contributed by atoms with E-state index in [1.807, 2.05) is 6.92 Å². The summed E-state index contributed by atoms with van der Waals surface area (Å²) in [4.78, 5) is 12.0. The molecule has 1 aliphatic rings. The second kappa shape index (κ2) is 4.80. The van der Waals surface area contributed by atoms with Crippen molar-refractivity contribution in [2.45, 2.75) is 32.4 Å². The van der Waals surface area contributed by atoms with Crippen molar-refractivity contribution in [3.05, 3.63) is 34.2 Å². The molecular weight excluding hydrogens is 312 g/mol. The lowest BCUT2D eigenvalue weighted by Crippen LogP contribution is -2.28. The van der Waals surface area contributed by atoms with Crippen LogP contribution in [0, 0.1) is 0 Å². The van der Waals surface area contributed by atoms with Gasteiger partial charge in [0.05, 0.1) is 6.04 Å². The average Bonchev–Trinajstić information content (AvgIpc) is 3.02. The van der Waals surface area contributed by atoms with Crippen LogP contribution in [0.1, 0.15) is 41.6 Å². The first kappa shape index (κ1) is 12.4. The molecule has 0 saturated heterocycles. The number of hydrogen-bond acceptors (Lipinski definition) is 4. The van der Waals surface area contributed by atoms with Crippen molar-refractivity contribution < 1.29 is 9.21 Å². The molecule has 0 radical (unpaired) electrons. The number of hydrogen-bond donors (Lipinski definition) is 1. The standard InChI is InChI=1S/C12H13BrN4O2/c1-7(11-16-15-10-3-2-6-17(10)11)14-12(18)8-4-5-9(13)19-8/h4-5,7H,2-3,6H2,1H3,(H,14,18)/t7-/m0/s1. The molecule has 7 heteroatoms. The SMILES string of the molecule is C[C@H](NC(=O)c1ccc(Br)o1)c1nnc2n1CCC2. The molecule has 1 N–H and O–H groups in total. The fraction of sp³-hybridized carbons (Fsp3) is 0.417. The molecule has 1 aliphatic heterocycles. The first-order valence-electron chi connectivity index (χ1n) is 6.13. The monoisotopic (exact) mass is 324 g/mol. The number of carbonyl (C=O) groups is 1. The van der Waals surface area contributed by atoms with Gasteiger partial charge in [-0.3, -0.25) is 4.79 Å². The Bertz CT molecular complexity index is 619. The minimum Gasteiger partial charge on any atom is -0.444 e. The van der Waals surface area contributed by atoms with E-state index in [0.29, 0.717) is 4.67 Å². The van der Waals surface area contributed by atoms with Crippen molar-refractivity contribution in [3.63, 3.8) is 0 Å². The predicted molar refractivity (Wildman–Crippen MR) is 70.6 cm³/mol. The van der Waals surface area contributed by atoms with E-state index in [4.69, 9.17) is 4.42 Å².